The van der Waals surface area contributed by atoms with Crippen molar-refractivity contribution >= 4 is 5.97 Å². The molecule has 0 atom stereocenters. The third-order valence-electron chi connectivity index (χ3n) is 7.13. The molecular weight excluding hydrogens is 496 g/mol. The van der Waals surface area contributed by atoms with Crippen molar-refractivity contribution in [3.8, 4) is 28.4 Å². The summed E-state index contributed by atoms with van der Waals surface area (Å²) in [7, 11) is 0. The molecular formula is C36H48O4. The van der Waals surface area contributed by atoms with Crippen molar-refractivity contribution in [2.75, 3.05) is 13.2 Å². The van der Waals surface area contributed by atoms with Gasteiger partial charge in [0.1, 0.15) is 17.2 Å². The molecule has 0 spiro atoms. The lowest BCUT2D eigenvalue weighted by molar-refractivity contribution is 0.0734. The predicted octanol–water partition coefficient (Wildman–Crippen LogP) is 10.4. The van der Waals surface area contributed by atoms with E-state index >= 15 is 0 Å². The molecule has 3 rings (SSSR count). The van der Waals surface area contributed by atoms with E-state index in [4.69, 9.17) is 14.2 Å². The van der Waals surface area contributed by atoms with Crippen molar-refractivity contribution in [1.29, 1.82) is 0 Å². The molecule has 0 amide bonds. The van der Waals surface area contributed by atoms with Crippen molar-refractivity contribution in [1.82, 2.24) is 0 Å². The lowest BCUT2D eigenvalue weighted by Gasteiger charge is -2.09. The zero-order valence-electron chi connectivity index (χ0n) is 24.7. The van der Waals surface area contributed by atoms with Crippen LogP contribution in [0.4, 0.5) is 0 Å². The third-order valence-corrected chi connectivity index (χ3v) is 7.13. The Kier molecular flexibility index (Phi) is 14.8. The second kappa shape index (κ2) is 18.9. The molecule has 0 N–H and O–H groups in total. The molecule has 0 heterocycles. The summed E-state index contributed by atoms with van der Waals surface area (Å²) in [4.78, 5) is 12.7. The Morgan fingerprint density at radius 2 is 0.850 bits per heavy atom. The molecule has 0 aliphatic carbocycles. The summed E-state index contributed by atoms with van der Waals surface area (Å²) in [5.74, 6) is 1.83. The Morgan fingerprint density at radius 1 is 0.475 bits per heavy atom. The van der Waals surface area contributed by atoms with E-state index in [-0.39, 0.29) is 5.97 Å². The quantitative estimate of drug-likeness (QED) is 0.0806. The van der Waals surface area contributed by atoms with Gasteiger partial charge in [0.05, 0.1) is 18.8 Å². The van der Waals surface area contributed by atoms with Crippen molar-refractivity contribution in [2.45, 2.75) is 97.3 Å². The number of rotatable bonds is 20. The number of unbranched alkanes of at least 4 members (excludes halogenated alkanes) is 11. The molecule has 4 heteroatoms. The first-order valence-corrected chi connectivity index (χ1v) is 15.5. The summed E-state index contributed by atoms with van der Waals surface area (Å²) >= 11 is 0. The van der Waals surface area contributed by atoms with E-state index in [1.54, 1.807) is 24.3 Å². The maximum absolute atomic E-state index is 12.7. The van der Waals surface area contributed by atoms with E-state index in [0.717, 1.165) is 42.1 Å². The Hall–Kier alpha value is -3.27. The summed E-state index contributed by atoms with van der Waals surface area (Å²) in [5.41, 5.74) is 2.64. The first-order valence-electron chi connectivity index (χ1n) is 15.5. The number of ether oxygens (including phenoxy) is 3. The monoisotopic (exact) mass is 544 g/mol. The Bertz CT molecular complexity index is 1070. The summed E-state index contributed by atoms with van der Waals surface area (Å²) in [6, 6.07) is 22.9. The lowest BCUT2D eigenvalue weighted by atomic mass is 10.0. The standard InChI is InChI=1S/C36H48O4/c1-3-5-7-9-11-13-15-29-39-34-24-26-35(27-25-34)40-36(37)32-18-16-30(17-19-32)31-20-22-33(23-21-31)38-28-14-12-10-8-6-4-2/h16-27H,3-15,28-29H2,1-2H3. The minimum absolute atomic E-state index is 0.373. The molecule has 0 bridgehead atoms. The van der Waals surface area contributed by atoms with Crippen molar-refractivity contribution < 1.29 is 19.0 Å². The first kappa shape index (κ1) is 31.3. The van der Waals surface area contributed by atoms with Gasteiger partial charge < -0.3 is 14.2 Å². The van der Waals surface area contributed by atoms with E-state index in [1.165, 1.54) is 70.6 Å². The fourth-order valence-corrected chi connectivity index (χ4v) is 4.63. The Morgan fingerprint density at radius 3 is 1.32 bits per heavy atom. The minimum Gasteiger partial charge on any atom is -0.494 e. The molecule has 3 aromatic carbocycles. The van der Waals surface area contributed by atoms with E-state index in [1.807, 2.05) is 36.4 Å². The summed E-state index contributed by atoms with van der Waals surface area (Å²) < 4.78 is 17.3. The van der Waals surface area contributed by atoms with E-state index in [2.05, 4.69) is 26.0 Å². The van der Waals surface area contributed by atoms with Gasteiger partial charge in [-0.25, -0.2) is 4.79 Å². The van der Waals surface area contributed by atoms with Crippen molar-refractivity contribution in [3.63, 3.8) is 0 Å². The van der Waals surface area contributed by atoms with Crippen LogP contribution in [0.15, 0.2) is 72.8 Å². The van der Waals surface area contributed by atoms with Gasteiger partial charge in [-0.15, -0.1) is 0 Å². The van der Waals surface area contributed by atoms with Crippen LogP contribution < -0.4 is 14.2 Å². The topological polar surface area (TPSA) is 44.8 Å². The number of carbonyl (C=O) groups is 1. The maximum Gasteiger partial charge on any atom is 0.343 e. The molecule has 0 aliphatic rings. The van der Waals surface area contributed by atoms with Crippen LogP contribution in [0.1, 0.15) is 108 Å². The predicted molar refractivity (Wildman–Crippen MR) is 166 cm³/mol. The molecule has 0 fully saturated rings. The normalized spacial score (nSPS) is 10.8. The fraction of sp³-hybridized carbons (Fsp3) is 0.472. The van der Waals surface area contributed by atoms with Crippen molar-refractivity contribution in [2.24, 2.45) is 0 Å². The Balaban J connectivity index is 1.37. The zero-order valence-corrected chi connectivity index (χ0v) is 24.7. The van der Waals surface area contributed by atoms with Gasteiger partial charge in [-0.1, -0.05) is 109 Å². The highest BCUT2D eigenvalue weighted by Crippen LogP contribution is 2.24. The van der Waals surface area contributed by atoms with Crippen LogP contribution in [0.25, 0.3) is 11.1 Å². The largest absolute Gasteiger partial charge is 0.494 e. The van der Waals surface area contributed by atoms with Crippen LogP contribution in [-0.2, 0) is 0 Å². The number of carbonyl (C=O) groups excluding carboxylic acids is 1. The summed E-state index contributed by atoms with van der Waals surface area (Å²) in [5, 5.41) is 0. The first-order chi connectivity index (χ1) is 19.7. The van der Waals surface area contributed by atoms with Crippen LogP contribution in [0, 0.1) is 0 Å². The average molecular weight is 545 g/mol. The summed E-state index contributed by atoms with van der Waals surface area (Å²) in [6.07, 6.45) is 16.4. The highest BCUT2D eigenvalue weighted by Gasteiger charge is 2.10. The molecule has 40 heavy (non-hydrogen) atoms. The molecule has 0 saturated carbocycles. The molecule has 3 aromatic rings. The second-order valence-corrected chi connectivity index (χ2v) is 10.5. The molecule has 0 radical (unpaired) electrons. The highest BCUT2D eigenvalue weighted by molar-refractivity contribution is 5.91. The van der Waals surface area contributed by atoms with Crippen LogP contribution in [0.5, 0.6) is 17.2 Å². The van der Waals surface area contributed by atoms with Gasteiger partial charge in [0.2, 0.25) is 0 Å². The fourth-order valence-electron chi connectivity index (χ4n) is 4.63. The number of benzene rings is 3. The van der Waals surface area contributed by atoms with Crippen LogP contribution >= 0.6 is 0 Å². The Labute approximate surface area is 242 Å². The van der Waals surface area contributed by atoms with Crippen LogP contribution in [-0.4, -0.2) is 19.2 Å². The van der Waals surface area contributed by atoms with E-state index in [0.29, 0.717) is 17.9 Å². The second-order valence-electron chi connectivity index (χ2n) is 10.5. The number of hydrogen-bond donors (Lipinski definition) is 0. The van der Waals surface area contributed by atoms with Crippen LogP contribution in [0.3, 0.4) is 0 Å². The van der Waals surface area contributed by atoms with Crippen LogP contribution in [0.2, 0.25) is 0 Å². The van der Waals surface area contributed by atoms with Gasteiger partial charge in [-0.05, 0) is 72.5 Å². The zero-order chi connectivity index (χ0) is 28.3. The van der Waals surface area contributed by atoms with E-state index < -0.39 is 0 Å². The summed E-state index contributed by atoms with van der Waals surface area (Å²) in [6.45, 7) is 5.96. The average Bonchev–Trinajstić information content (AvgIpc) is 2.99. The molecule has 0 aliphatic heterocycles. The van der Waals surface area contributed by atoms with E-state index in [9.17, 15) is 4.79 Å². The van der Waals surface area contributed by atoms with Gasteiger partial charge in [0.25, 0.3) is 0 Å². The van der Waals surface area contributed by atoms with Gasteiger partial charge >= 0.3 is 5.97 Å². The molecule has 0 saturated heterocycles. The molecule has 4 nitrogen and oxygen atoms in total. The number of esters is 1. The van der Waals surface area contributed by atoms with Gasteiger partial charge in [-0.3, -0.25) is 0 Å². The van der Waals surface area contributed by atoms with Crippen molar-refractivity contribution in [3.05, 3.63) is 78.4 Å². The van der Waals surface area contributed by atoms with Gasteiger partial charge in [0, 0.05) is 0 Å². The SMILES string of the molecule is CCCCCCCCCOc1ccc(OC(=O)c2ccc(-c3ccc(OCCCCCCCC)cc3)cc2)cc1. The highest BCUT2D eigenvalue weighted by atomic mass is 16.5. The molecule has 216 valence electrons. The van der Waals surface area contributed by atoms with Gasteiger partial charge in [0.15, 0.2) is 0 Å². The number of hydrogen-bond acceptors (Lipinski definition) is 4. The lowest BCUT2D eigenvalue weighted by Crippen LogP contribution is -2.08. The minimum atomic E-state index is -0.373. The maximum atomic E-state index is 12.7. The third kappa shape index (κ3) is 11.9. The molecule has 0 unspecified atom stereocenters. The van der Waals surface area contributed by atoms with Gasteiger partial charge in [-0.2, -0.15) is 0 Å². The molecule has 0 aromatic heterocycles. The smallest absolute Gasteiger partial charge is 0.343 e.